The lowest BCUT2D eigenvalue weighted by atomic mass is 9.96. The first kappa shape index (κ1) is 22.8. The fraction of sp³-hybridized carbons (Fsp3) is 0.192. The number of para-hydroxylation sites is 3. The summed E-state index contributed by atoms with van der Waals surface area (Å²) in [6.45, 7) is 5.52. The van der Waals surface area contributed by atoms with E-state index in [4.69, 9.17) is 0 Å². The molecule has 2 amide bonds. The maximum atomic E-state index is 13.5. The molecule has 4 aromatic rings. The Kier molecular flexibility index (Phi) is 5.86. The number of amides is 2. The van der Waals surface area contributed by atoms with Crippen molar-refractivity contribution in [2.45, 2.75) is 31.5 Å². The second-order valence-corrected chi connectivity index (χ2v) is 9.66. The fourth-order valence-electron chi connectivity index (χ4n) is 4.17. The number of carbonyl (C=O) groups excluding carboxylic acids is 2. The first-order chi connectivity index (χ1) is 16.9. The lowest BCUT2D eigenvalue weighted by molar-refractivity contribution is -0.125. The summed E-state index contributed by atoms with van der Waals surface area (Å²) in [5.41, 5.74) is 3.07. The molecular formula is C26H24N6O2S. The van der Waals surface area contributed by atoms with Gasteiger partial charge in [-0.1, -0.05) is 42.1 Å². The van der Waals surface area contributed by atoms with Gasteiger partial charge in [0.05, 0.1) is 22.8 Å². The van der Waals surface area contributed by atoms with Gasteiger partial charge in [-0.2, -0.15) is 0 Å². The van der Waals surface area contributed by atoms with Crippen LogP contribution in [0.5, 0.6) is 0 Å². The highest BCUT2D eigenvalue weighted by molar-refractivity contribution is 7.99. The van der Waals surface area contributed by atoms with Crippen molar-refractivity contribution in [3.63, 3.8) is 0 Å². The second-order valence-electron chi connectivity index (χ2n) is 8.72. The van der Waals surface area contributed by atoms with Crippen molar-refractivity contribution in [2.75, 3.05) is 16.0 Å². The van der Waals surface area contributed by atoms with Gasteiger partial charge in [-0.05, 0) is 56.7 Å². The number of rotatable bonds is 5. The molecule has 9 heteroatoms. The Morgan fingerprint density at radius 3 is 2.49 bits per heavy atom. The van der Waals surface area contributed by atoms with Gasteiger partial charge >= 0.3 is 0 Å². The predicted molar refractivity (Wildman–Crippen MR) is 137 cm³/mol. The molecule has 0 fully saturated rings. The number of anilines is 2. The number of aromatic nitrogens is 4. The van der Waals surface area contributed by atoms with Crippen LogP contribution in [0.2, 0.25) is 0 Å². The van der Waals surface area contributed by atoms with Crippen molar-refractivity contribution in [1.82, 2.24) is 19.7 Å². The van der Waals surface area contributed by atoms with Crippen molar-refractivity contribution in [1.29, 1.82) is 0 Å². The third kappa shape index (κ3) is 4.08. The normalized spacial score (nSPS) is 14.4. The largest absolute Gasteiger partial charge is 0.322 e. The fourth-order valence-corrected chi connectivity index (χ4v) is 4.96. The molecule has 35 heavy (non-hydrogen) atoms. The number of fused-ring (bicyclic) bond motifs is 1. The first-order valence-electron chi connectivity index (χ1n) is 11.2. The number of nitrogens with one attached hydrogen (secondary N) is 1. The van der Waals surface area contributed by atoms with Crippen LogP contribution < -0.4 is 10.2 Å². The molecule has 5 rings (SSSR count). The van der Waals surface area contributed by atoms with Crippen molar-refractivity contribution in [3.8, 4) is 17.1 Å². The van der Waals surface area contributed by atoms with E-state index in [1.165, 1.54) is 11.8 Å². The molecule has 2 aromatic carbocycles. The number of aryl methyl sites for hydroxylation is 1. The lowest BCUT2D eigenvalue weighted by Gasteiger charge is -2.42. The summed E-state index contributed by atoms with van der Waals surface area (Å²) in [5, 5.41) is 12.3. The molecular weight excluding hydrogens is 460 g/mol. The van der Waals surface area contributed by atoms with Gasteiger partial charge in [0.25, 0.3) is 0 Å². The minimum Gasteiger partial charge on any atom is -0.322 e. The van der Waals surface area contributed by atoms with Crippen molar-refractivity contribution in [3.05, 3.63) is 78.6 Å². The van der Waals surface area contributed by atoms with Crippen molar-refractivity contribution < 1.29 is 9.59 Å². The molecule has 3 heterocycles. The standard InChI is InChI=1S/C26H24N6O2S/c1-17-9-4-6-12-20(17)31-23(18-10-8-14-27-15-18)29-30-25(31)35-16-22(33)32-21-13-7-5-11-19(21)28-24(34)26(32,2)3/h4-15H,16H2,1-3H3,(H,28,34). The summed E-state index contributed by atoms with van der Waals surface area (Å²) >= 11 is 1.29. The van der Waals surface area contributed by atoms with E-state index in [1.807, 2.05) is 66.1 Å². The molecule has 1 aliphatic heterocycles. The average molecular weight is 485 g/mol. The summed E-state index contributed by atoms with van der Waals surface area (Å²) < 4.78 is 1.95. The zero-order valence-electron chi connectivity index (χ0n) is 19.6. The molecule has 1 N–H and O–H groups in total. The Balaban J connectivity index is 1.50. The second kappa shape index (κ2) is 8.99. The summed E-state index contributed by atoms with van der Waals surface area (Å²) in [5.74, 6) is 0.314. The van der Waals surface area contributed by atoms with Crippen molar-refractivity contribution >= 4 is 35.0 Å². The third-order valence-corrected chi connectivity index (χ3v) is 6.91. The topological polar surface area (TPSA) is 93.0 Å². The lowest BCUT2D eigenvalue weighted by Crippen LogP contribution is -2.59. The molecule has 0 saturated carbocycles. The van der Waals surface area contributed by atoms with Crippen LogP contribution in [0.4, 0.5) is 11.4 Å². The van der Waals surface area contributed by atoms with E-state index in [0.717, 1.165) is 16.8 Å². The Hall–Kier alpha value is -3.98. The maximum Gasteiger partial charge on any atom is 0.250 e. The molecule has 0 spiro atoms. The van der Waals surface area contributed by atoms with Gasteiger partial charge in [-0.3, -0.25) is 24.0 Å². The average Bonchev–Trinajstić information content (AvgIpc) is 3.28. The summed E-state index contributed by atoms with van der Waals surface area (Å²) in [4.78, 5) is 32.1. The zero-order chi connectivity index (χ0) is 24.6. The molecule has 0 atom stereocenters. The summed E-state index contributed by atoms with van der Waals surface area (Å²) in [7, 11) is 0. The van der Waals surface area contributed by atoms with E-state index in [9.17, 15) is 9.59 Å². The number of hydrogen-bond donors (Lipinski definition) is 1. The highest BCUT2D eigenvalue weighted by Crippen LogP contribution is 2.37. The number of pyridine rings is 1. The van der Waals surface area contributed by atoms with Gasteiger partial charge in [-0.15, -0.1) is 10.2 Å². The van der Waals surface area contributed by atoms with Gasteiger partial charge < -0.3 is 5.32 Å². The van der Waals surface area contributed by atoms with Crippen LogP contribution in [0.1, 0.15) is 19.4 Å². The van der Waals surface area contributed by atoms with Crippen LogP contribution in [0, 0.1) is 6.92 Å². The number of hydrogen-bond acceptors (Lipinski definition) is 6. The molecule has 1 aliphatic rings. The minimum atomic E-state index is -1.03. The minimum absolute atomic E-state index is 0.0854. The Morgan fingerprint density at radius 2 is 1.74 bits per heavy atom. The molecule has 0 bridgehead atoms. The highest BCUT2D eigenvalue weighted by atomic mass is 32.2. The summed E-state index contributed by atoms with van der Waals surface area (Å²) in [6, 6.07) is 19.1. The third-order valence-electron chi connectivity index (χ3n) is 5.99. The number of carbonyl (C=O) groups is 2. The van der Waals surface area contributed by atoms with Gasteiger partial charge in [0, 0.05) is 18.0 Å². The Labute approximate surface area is 207 Å². The van der Waals surface area contributed by atoms with Gasteiger partial charge in [0.2, 0.25) is 11.8 Å². The van der Waals surface area contributed by atoms with E-state index in [-0.39, 0.29) is 17.6 Å². The van der Waals surface area contributed by atoms with Gasteiger partial charge in [0.1, 0.15) is 5.54 Å². The Bertz CT molecular complexity index is 1420. The molecule has 0 saturated heterocycles. The molecule has 8 nitrogen and oxygen atoms in total. The van der Waals surface area contributed by atoms with Crippen molar-refractivity contribution in [2.24, 2.45) is 0 Å². The van der Waals surface area contributed by atoms with Crippen LogP contribution in [-0.2, 0) is 9.59 Å². The van der Waals surface area contributed by atoms with E-state index in [1.54, 1.807) is 37.2 Å². The molecule has 0 unspecified atom stereocenters. The quantitative estimate of drug-likeness (QED) is 0.420. The van der Waals surface area contributed by atoms with Gasteiger partial charge in [-0.25, -0.2) is 0 Å². The monoisotopic (exact) mass is 484 g/mol. The van der Waals surface area contributed by atoms with Crippen LogP contribution in [0.15, 0.2) is 78.2 Å². The smallest absolute Gasteiger partial charge is 0.250 e. The predicted octanol–water partition coefficient (Wildman–Crippen LogP) is 4.49. The molecule has 176 valence electrons. The van der Waals surface area contributed by atoms with Crippen LogP contribution in [0.3, 0.4) is 0 Å². The van der Waals surface area contributed by atoms with E-state index < -0.39 is 5.54 Å². The van der Waals surface area contributed by atoms with E-state index in [2.05, 4.69) is 20.5 Å². The maximum absolute atomic E-state index is 13.5. The zero-order valence-corrected chi connectivity index (χ0v) is 20.4. The van der Waals surface area contributed by atoms with E-state index >= 15 is 0 Å². The van der Waals surface area contributed by atoms with E-state index in [0.29, 0.717) is 22.4 Å². The van der Waals surface area contributed by atoms with Gasteiger partial charge in [0.15, 0.2) is 11.0 Å². The van der Waals surface area contributed by atoms with Crippen LogP contribution >= 0.6 is 11.8 Å². The first-order valence-corrected chi connectivity index (χ1v) is 12.1. The van der Waals surface area contributed by atoms with Crippen LogP contribution in [-0.4, -0.2) is 42.9 Å². The SMILES string of the molecule is Cc1ccccc1-n1c(SCC(=O)N2c3ccccc3NC(=O)C2(C)C)nnc1-c1cccnc1. The molecule has 0 radical (unpaired) electrons. The number of nitrogens with zero attached hydrogens (tertiary/aromatic N) is 5. The molecule has 2 aromatic heterocycles. The molecule has 0 aliphatic carbocycles. The van der Waals surface area contributed by atoms with Crippen LogP contribution in [0.25, 0.3) is 17.1 Å². The number of benzene rings is 2. The number of thioether (sulfide) groups is 1. The highest BCUT2D eigenvalue weighted by Gasteiger charge is 2.43. The Morgan fingerprint density at radius 1 is 1.00 bits per heavy atom. The summed E-state index contributed by atoms with van der Waals surface area (Å²) in [6.07, 6.45) is 3.45.